The number of amides is 2. The van der Waals surface area contributed by atoms with Crippen molar-refractivity contribution in [2.45, 2.75) is 6.42 Å². The van der Waals surface area contributed by atoms with Gasteiger partial charge in [0.15, 0.2) is 0 Å². The van der Waals surface area contributed by atoms with Crippen molar-refractivity contribution in [3.63, 3.8) is 0 Å². The number of rotatable bonds is 6. The summed E-state index contributed by atoms with van der Waals surface area (Å²) in [6, 6.07) is 15.1. The van der Waals surface area contributed by atoms with Crippen LogP contribution in [0.3, 0.4) is 0 Å². The van der Waals surface area contributed by atoms with E-state index < -0.39 is 4.92 Å². The lowest BCUT2D eigenvalue weighted by atomic mass is 10.2. The van der Waals surface area contributed by atoms with Gasteiger partial charge in [0.25, 0.3) is 11.6 Å². The molecule has 0 aromatic heterocycles. The Morgan fingerprint density at radius 2 is 1.71 bits per heavy atom. The Hall–Kier alpha value is -3.26. The van der Waals surface area contributed by atoms with Crippen molar-refractivity contribution in [1.82, 2.24) is 9.80 Å². The average molecular weight is 382 g/mol. The van der Waals surface area contributed by atoms with Gasteiger partial charge in [-0.15, -0.1) is 0 Å². The van der Waals surface area contributed by atoms with E-state index in [2.05, 4.69) is 10.2 Å². The minimum atomic E-state index is -0.494. The van der Waals surface area contributed by atoms with Crippen LogP contribution in [0.5, 0.6) is 0 Å². The van der Waals surface area contributed by atoms with Gasteiger partial charge in [0.05, 0.1) is 4.92 Å². The standard InChI is InChI=1S/C20H22N4O4/c25-19(21-17-7-4-8-18(15-17)24(27)28)9-10-22-11-13-23(14-12-22)20(26)16-5-2-1-3-6-16/h1-8,15H,9-14H2,(H,21,25). The van der Waals surface area contributed by atoms with E-state index in [1.165, 1.54) is 18.2 Å². The smallest absolute Gasteiger partial charge is 0.271 e. The molecule has 28 heavy (non-hydrogen) atoms. The Labute approximate surface area is 162 Å². The van der Waals surface area contributed by atoms with Gasteiger partial charge in [-0.25, -0.2) is 0 Å². The quantitative estimate of drug-likeness (QED) is 0.611. The SMILES string of the molecule is O=C(CCN1CCN(C(=O)c2ccccc2)CC1)Nc1cccc([N+](=O)[O-])c1. The fourth-order valence-electron chi connectivity index (χ4n) is 3.12. The summed E-state index contributed by atoms with van der Waals surface area (Å²) in [5.74, 6) is -0.160. The van der Waals surface area contributed by atoms with Crippen LogP contribution in [0.1, 0.15) is 16.8 Å². The Bertz CT molecular complexity index is 848. The first-order chi connectivity index (χ1) is 13.5. The first-order valence-corrected chi connectivity index (χ1v) is 9.14. The fourth-order valence-corrected chi connectivity index (χ4v) is 3.12. The molecule has 146 valence electrons. The summed E-state index contributed by atoms with van der Waals surface area (Å²) in [7, 11) is 0. The lowest BCUT2D eigenvalue weighted by Gasteiger charge is -2.34. The highest BCUT2D eigenvalue weighted by atomic mass is 16.6. The van der Waals surface area contributed by atoms with Gasteiger partial charge in [0.1, 0.15) is 0 Å². The van der Waals surface area contributed by atoms with Gasteiger partial charge < -0.3 is 10.2 Å². The molecular weight excluding hydrogens is 360 g/mol. The molecule has 0 aliphatic carbocycles. The maximum atomic E-state index is 12.4. The van der Waals surface area contributed by atoms with Gasteiger partial charge in [-0.3, -0.25) is 24.6 Å². The minimum Gasteiger partial charge on any atom is -0.336 e. The van der Waals surface area contributed by atoms with Crippen molar-refractivity contribution >= 4 is 23.2 Å². The zero-order valence-corrected chi connectivity index (χ0v) is 15.4. The summed E-state index contributed by atoms with van der Waals surface area (Å²) >= 11 is 0. The molecule has 0 spiro atoms. The number of hydrogen-bond acceptors (Lipinski definition) is 5. The maximum Gasteiger partial charge on any atom is 0.271 e. The van der Waals surface area contributed by atoms with E-state index in [9.17, 15) is 19.7 Å². The first kappa shape index (κ1) is 19.5. The van der Waals surface area contributed by atoms with Crippen LogP contribution >= 0.6 is 0 Å². The molecule has 1 saturated heterocycles. The third kappa shape index (κ3) is 5.14. The van der Waals surface area contributed by atoms with Gasteiger partial charge in [0.2, 0.25) is 5.91 Å². The van der Waals surface area contributed by atoms with Crippen molar-refractivity contribution in [1.29, 1.82) is 0 Å². The molecular formula is C20H22N4O4. The van der Waals surface area contributed by atoms with Gasteiger partial charge >= 0.3 is 0 Å². The zero-order chi connectivity index (χ0) is 19.9. The number of nitro groups is 1. The van der Waals surface area contributed by atoms with Gasteiger partial charge in [0, 0.05) is 62.5 Å². The number of carbonyl (C=O) groups excluding carboxylic acids is 2. The van der Waals surface area contributed by atoms with Crippen LogP contribution < -0.4 is 5.32 Å². The van der Waals surface area contributed by atoms with Crippen LogP contribution in [0.25, 0.3) is 0 Å². The van der Waals surface area contributed by atoms with Crippen molar-refractivity contribution in [3.8, 4) is 0 Å². The molecule has 2 amide bonds. The molecule has 1 N–H and O–H groups in total. The summed E-state index contributed by atoms with van der Waals surface area (Å²) in [6.45, 7) is 3.25. The normalized spacial score (nSPS) is 14.5. The Kier molecular flexibility index (Phi) is 6.33. The second kappa shape index (κ2) is 9.09. The van der Waals surface area contributed by atoms with Gasteiger partial charge in [-0.05, 0) is 18.2 Å². The molecule has 0 saturated carbocycles. The van der Waals surface area contributed by atoms with E-state index in [4.69, 9.17) is 0 Å². The minimum absolute atomic E-state index is 0.0312. The molecule has 3 rings (SSSR count). The average Bonchev–Trinajstić information content (AvgIpc) is 2.73. The van der Waals surface area contributed by atoms with Crippen LogP contribution in [-0.4, -0.2) is 59.3 Å². The van der Waals surface area contributed by atoms with Crippen molar-refractivity contribution in [2.75, 3.05) is 38.0 Å². The number of nitrogens with zero attached hydrogens (tertiary/aromatic N) is 3. The van der Waals surface area contributed by atoms with Crippen LogP contribution in [0.15, 0.2) is 54.6 Å². The summed E-state index contributed by atoms with van der Waals surface area (Å²) in [5, 5.41) is 13.5. The van der Waals surface area contributed by atoms with Crippen molar-refractivity contribution < 1.29 is 14.5 Å². The number of nitrogens with one attached hydrogen (secondary N) is 1. The molecule has 1 aliphatic rings. The topological polar surface area (TPSA) is 95.8 Å². The summed E-state index contributed by atoms with van der Waals surface area (Å²) in [4.78, 5) is 38.8. The van der Waals surface area contributed by atoms with E-state index in [1.807, 2.05) is 35.2 Å². The van der Waals surface area contributed by atoms with Gasteiger partial charge in [-0.2, -0.15) is 0 Å². The molecule has 1 heterocycles. The second-order valence-corrected chi connectivity index (χ2v) is 6.61. The largest absolute Gasteiger partial charge is 0.336 e. The van der Waals surface area contributed by atoms with E-state index >= 15 is 0 Å². The van der Waals surface area contributed by atoms with E-state index in [0.717, 1.165) is 0 Å². The summed E-state index contributed by atoms with van der Waals surface area (Å²) < 4.78 is 0. The lowest BCUT2D eigenvalue weighted by Crippen LogP contribution is -2.49. The van der Waals surface area contributed by atoms with Crippen LogP contribution in [-0.2, 0) is 4.79 Å². The van der Waals surface area contributed by atoms with Crippen LogP contribution in [0.4, 0.5) is 11.4 Å². The molecule has 2 aromatic carbocycles. The predicted octanol–water partition coefficient (Wildman–Crippen LogP) is 2.38. The molecule has 0 radical (unpaired) electrons. The number of non-ortho nitro benzene ring substituents is 1. The number of hydrogen-bond donors (Lipinski definition) is 1. The van der Waals surface area contributed by atoms with Crippen molar-refractivity contribution in [3.05, 3.63) is 70.3 Å². The monoisotopic (exact) mass is 382 g/mol. The Morgan fingerprint density at radius 3 is 2.39 bits per heavy atom. The van der Waals surface area contributed by atoms with E-state index in [1.54, 1.807) is 6.07 Å². The third-order valence-corrected chi connectivity index (χ3v) is 4.68. The van der Waals surface area contributed by atoms with E-state index in [-0.39, 0.29) is 23.9 Å². The molecule has 0 unspecified atom stereocenters. The zero-order valence-electron chi connectivity index (χ0n) is 15.4. The molecule has 0 atom stereocenters. The number of piperazine rings is 1. The maximum absolute atomic E-state index is 12.4. The van der Waals surface area contributed by atoms with Crippen LogP contribution in [0.2, 0.25) is 0 Å². The highest BCUT2D eigenvalue weighted by Crippen LogP contribution is 2.17. The summed E-state index contributed by atoms with van der Waals surface area (Å²) in [6.07, 6.45) is 0.287. The fraction of sp³-hybridized carbons (Fsp3) is 0.300. The number of carbonyl (C=O) groups is 2. The van der Waals surface area contributed by atoms with Crippen LogP contribution in [0, 0.1) is 10.1 Å². The first-order valence-electron chi connectivity index (χ1n) is 9.14. The molecule has 1 fully saturated rings. The molecule has 8 nitrogen and oxygen atoms in total. The number of benzene rings is 2. The lowest BCUT2D eigenvalue weighted by molar-refractivity contribution is -0.384. The second-order valence-electron chi connectivity index (χ2n) is 6.61. The molecule has 1 aliphatic heterocycles. The van der Waals surface area contributed by atoms with Gasteiger partial charge in [-0.1, -0.05) is 24.3 Å². The highest BCUT2D eigenvalue weighted by Gasteiger charge is 2.22. The summed E-state index contributed by atoms with van der Waals surface area (Å²) in [5.41, 5.74) is 1.04. The highest BCUT2D eigenvalue weighted by molar-refractivity contribution is 5.94. The molecule has 0 bridgehead atoms. The predicted molar refractivity (Wildman–Crippen MR) is 105 cm³/mol. The number of nitro benzene ring substituents is 1. The van der Waals surface area contributed by atoms with E-state index in [0.29, 0.717) is 44.0 Å². The third-order valence-electron chi connectivity index (χ3n) is 4.68. The Morgan fingerprint density at radius 1 is 1.00 bits per heavy atom. The number of anilines is 1. The Balaban J connectivity index is 1.43. The van der Waals surface area contributed by atoms with Crippen molar-refractivity contribution in [2.24, 2.45) is 0 Å². The molecule has 2 aromatic rings. The molecule has 8 heteroatoms.